The minimum absolute atomic E-state index is 0.0791. The van der Waals surface area contributed by atoms with Crippen molar-refractivity contribution < 1.29 is 13.5 Å². The van der Waals surface area contributed by atoms with Crippen molar-refractivity contribution in [1.82, 2.24) is 4.72 Å². The molecule has 0 spiro atoms. The molecule has 0 fully saturated rings. The maximum atomic E-state index is 12.2. The van der Waals surface area contributed by atoms with Crippen LogP contribution in [0.2, 0.25) is 0 Å². The third kappa shape index (κ3) is 3.60. The van der Waals surface area contributed by atoms with Crippen LogP contribution >= 0.6 is 0 Å². The van der Waals surface area contributed by atoms with Crippen LogP contribution in [-0.2, 0) is 16.6 Å². The van der Waals surface area contributed by atoms with Gasteiger partial charge in [-0.2, -0.15) is 5.26 Å². The number of aryl methyl sites for hydroxylation is 1. The highest BCUT2D eigenvalue weighted by Crippen LogP contribution is 2.16. The first-order valence-electron chi connectivity index (χ1n) is 6.21. The number of nitrogens with one attached hydrogen (secondary N) is 1. The Balaban J connectivity index is 2.19. The lowest BCUT2D eigenvalue weighted by molar-refractivity contribution is 0.474. The molecule has 0 aromatic heterocycles. The number of nitriles is 1. The van der Waals surface area contributed by atoms with Crippen LogP contribution in [0.15, 0.2) is 47.4 Å². The van der Waals surface area contributed by atoms with Gasteiger partial charge in [0.2, 0.25) is 10.0 Å². The standard InChI is InChI=1S/C15H14N2O3S/c1-11-7-15(6-5-13(11)9-16)21(19,20)17-10-12-3-2-4-14(18)8-12/h2-8,17-18H,10H2,1H3. The van der Waals surface area contributed by atoms with Crippen molar-refractivity contribution in [2.75, 3.05) is 0 Å². The first-order valence-corrected chi connectivity index (χ1v) is 7.69. The monoisotopic (exact) mass is 302 g/mol. The Morgan fingerprint density at radius 1 is 1.24 bits per heavy atom. The molecule has 0 radical (unpaired) electrons. The van der Waals surface area contributed by atoms with E-state index in [-0.39, 0.29) is 17.2 Å². The van der Waals surface area contributed by atoms with Crippen LogP contribution in [-0.4, -0.2) is 13.5 Å². The average molecular weight is 302 g/mol. The molecule has 0 aliphatic rings. The van der Waals surface area contributed by atoms with Gasteiger partial charge in [-0.25, -0.2) is 13.1 Å². The Morgan fingerprint density at radius 3 is 2.62 bits per heavy atom. The fourth-order valence-electron chi connectivity index (χ4n) is 1.86. The van der Waals surface area contributed by atoms with Crippen LogP contribution < -0.4 is 4.72 Å². The Bertz CT molecular complexity index is 808. The lowest BCUT2D eigenvalue weighted by atomic mass is 10.1. The molecule has 0 aliphatic carbocycles. The van der Waals surface area contributed by atoms with Crippen molar-refractivity contribution in [3.05, 3.63) is 59.2 Å². The van der Waals surface area contributed by atoms with E-state index in [9.17, 15) is 13.5 Å². The summed E-state index contributed by atoms with van der Waals surface area (Å²) in [6, 6.07) is 12.7. The van der Waals surface area contributed by atoms with Gasteiger partial charge in [-0.1, -0.05) is 12.1 Å². The summed E-state index contributed by atoms with van der Waals surface area (Å²) in [7, 11) is -3.66. The van der Waals surface area contributed by atoms with Gasteiger partial charge in [0.15, 0.2) is 0 Å². The topological polar surface area (TPSA) is 90.2 Å². The van der Waals surface area contributed by atoms with Crippen molar-refractivity contribution in [2.45, 2.75) is 18.4 Å². The van der Waals surface area contributed by atoms with E-state index in [0.717, 1.165) is 0 Å². The van der Waals surface area contributed by atoms with Crippen molar-refractivity contribution in [2.24, 2.45) is 0 Å². The van der Waals surface area contributed by atoms with Crippen LogP contribution in [0, 0.1) is 18.3 Å². The fourth-order valence-corrected chi connectivity index (χ4v) is 2.96. The van der Waals surface area contributed by atoms with Crippen molar-refractivity contribution in [3.8, 4) is 11.8 Å². The lowest BCUT2D eigenvalue weighted by Crippen LogP contribution is -2.23. The van der Waals surface area contributed by atoms with E-state index in [0.29, 0.717) is 16.7 Å². The molecule has 0 atom stereocenters. The van der Waals surface area contributed by atoms with Crippen molar-refractivity contribution in [1.29, 1.82) is 5.26 Å². The minimum atomic E-state index is -3.66. The molecule has 2 aromatic rings. The highest BCUT2D eigenvalue weighted by atomic mass is 32.2. The summed E-state index contributed by atoms with van der Waals surface area (Å²) < 4.78 is 26.8. The van der Waals surface area contributed by atoms with Crippen LogP contribution in [0.4, 0.5) is 0 Å². The quantitative estimate of drug-likeness (QED) is 0.904. The minimum Gasteiger partial charge on any atom is -0.508 e. The number of phenolic OH excluding ortho intramolecular Hbond substituents is 1. The smallest absolute Gasteiger partial charge is 0.240 e. The first-order chi connectivity index (χ1) is 9.92. The van der Waals surface area contributed by atoms with Crippen molar-refractivity contribution >= 4 is 10.0 Å². The van der Waals surface area contributed by atoms with Crippen molar-refractivity contribution in [3.63, 3.8) is 0 Å². The fraction of sp³-hybridized carbons (Fsp3) is 0.133. The van der Waals surface area contributed by atoms with Gasteiger partial charge in [0.1, 0.15) is 5.75 Å². The second-order valence-corrected chi connectivity index (χ2v) is 6.35. The molecule has 0 saturated carbocycles. The molecule has 0 aliphatic heterocycles. The molecule has 0 unspecified atom stereocenters. The first kappa shape index (κ1) is 15.0. The lowest BCUT2D eigenvalue weighted by Gasteiger charge is -2.08. The predicted molar refractivity (Wildman–Crippen MR) is 78.0 cm³/mol. The van der Waals surface area contributed by atoms with Crippen LogP contribution in [0.3, 0.4) is 0 Å². The zero-order chi connectivity index (χ0) is 15.5. The maximum Gasteiger partial charge on any atom is 0.240 e. The second-order valence-electron chi connectivity index (χ2n) is 4.58. The predicted octanol–water partition coefficient (Wildman–Crippen LogP) is 2.05. The van der Waals surface area contributed by atoms with E-state index >= 15 is 0 Å². The SMILES string of the molecule is Cc1cc(S(=O)(=O)NCc2cccc(O)c2)ccc1C#N. The summed E-state index contributed by atoms with van der Waals surface area (Å²) in [5.74, 6) is 0.0842. The van der Waals surface area contributed by atoms with Gasteiger partial charge in [0.25, 0.3) is 0 Å². The van der Waals surface area contributed by atoms with Gasteiger partial charge < -0.3 is 5.11 Å². The number of nitrogens with zero attached hydrogens (tertiary/aromatic N) is 1. The number of rotatable bonds is 4. The van der Waals surface area contributed by atoms with E-state index in [1.165, 1.54) is 30.3 Å². The second kappa shape index (κ2) is 5.95. The van der Waals surface area contributed by atoms with Gasteiger partial charge in [-0.05, 0) is 48.4 Å². The number of benzene rings is 2. The molecule has 21 heavy (non-hydrogen) atoms. The third-order valence-electron chi connectivity index (χ3n) is 3.01. The molecular formula is C15H14N2O3S. The Labute approximate surface area is 123 Å². The summed E-state index contributed by atoms with van der Waals surface area (Å²) in [5.41, 5.74) is 1.71. The number of phenols is 1. The summed E-state index contributed by atoms with van der Waals surface area (Å²) >= 11 is 0. The van der Waals surface area contributed by atoms with E-state index in [4.69, 9.17) is 5.26 Å². The molecule has 2 N–H and O–H groups in total. The zero-order valence-corrected chi connectivity index (χ0v) is 12.2. The summed E-state index contributed by atoms with van der Waals surface area (Å²) in [6.45, 7) is 1.77. The van der Waals surface area contributed by atoms with Crippen LogP contribution in [0.5, 0.6) is 5.75 Å². The number of sulfonamides is 1. The Morgan fingerprint density at radius 2 is 2.00 bits per heavy atom. The number of aromatic hydroxyl groups is 1. The van der Waals surface area contributed by atoms with Gasteiger partial charge in [-0.15, -0.1) is 0 Å². The molecule has 0 amide bonds. The van der Waals surface area contributed by atoms with E-state index in [1.807, 2.05) is 6.07 Å². The average Bonchev–Trinajstić information content (AvgIpc) is 2.45. The van der Waals surface area contributed by atoms with Crippen LogP contribution in [0.1, 0.15) is 16.7 Å². The molecule has 0 saturated heterocycles. The highest BCUT2D eigenvalue weighted by Gasteiger charge is 2.14. The summed E-state index contributed by atoms with van der Waals surface area (Å²) in [4.78, 5) is 0.110. The highest BCUT2D eigenvalue weighted by molar-refractivity contribution is 7.89. The summed E-state index contributed by atoms with van der Waals surface area (Å²) in [5, 5.41) is 18.2. The molecule has 6 heteroatoms. The van der Waals surface area contributed by atoms with Gasteiger partial charge in [0.05, 0.1) is 16.5 Å². The van der Waals surface area contributed by atoms with E-state index < -0.39 is 10.0 Å². The molecule has 5 nitrogen and oxygen atoms in total. The molecule has 2 aromatic carbocycles. The molecule has 0 heterocycles. The summed E-state index contributed by atoms with van der Waals surface area (Å²) in [6.07, 6.45) is 0. The van der Waals surface area contributed by atoms with Gasteiger partial charge >= 0.3 is 0 Å². The Hall–Kier alpha value is -2.36. The molecular weight excluding hydrogens is 288 g/mol. The third-order valence-corrected chi connectivity index (χ3v) is 4.40. The molecule has 0 bridgehead atoms. The van der Waals surface area contributed by atoms with Gasteiger partial charge in [-0.3, -0.25) is 0 Å². The molecule has 2 rings (SSSR count). The maximum absolute atomic E-state index is 12.2. The van der Waals surface area contributed by atoms with Crippen LogP contribution in [0.25, 0.3) is 0 Å². The van der Waals surface area contributed by atoms with Gasteiger partial charge in [0, 0.05) is 6.54 Å². The normalized spacial score (nSPS) is 11.0. The Kier molecular flexibility index (Phi) is 4.26. The zero-order valence-electron chi connectivity index (χ0n) is 11.4. The van der Waals surface area contributed by atoms with E-state index in [2.05, 4.69) is 4.72 Å². The number of hydrogen-bond acceptors (Lipinski definition) is 4. The largest absolute Gasteiger partial charge is 0.508 e. The molecule has 108 valence electrons. The van der Waals surface area contributed by atoms with E-state index in [1.54, 1.807) is 19.1 Å². The number of hydrogen-bond donors (Lipinski definition) is 2.